The third-order valence-electron chi connectivity index (χ3n) is 4.32. The van der Waals surface area contributed by atoms with Gasteiger partial charge in [0, 0.05) is 5.92 Å². The minimum absolute atomic E-state index is 0.0944. The molecule has 0 radical (unpaired) electrons. The van der Waals surface area contributed by atoms with Gasteiger partial charge in [-0.25, -0.2) is 8.42 Å². The van der Waals surface area contributed by atoms with Crippen molar-refractivity contribution >= 4 is 26.7 Å². The largest absolute Gasteiger partial charge is 0.277 e. The summed E-state index contributed by atoms with van der Waals surface area (Å²) in [6.45, 7) is 0. The Hall–Kier alpha value is -1.92. The van der Waals surface area contributed by atoms with Crippen LogP contribution in [-0.4, -0.2) is 14.3 Å². The first-order chi connectivity index (χ1) is 11.1. The van der Waals surface area contributed by atoms with Crippen molar-refractivity contribution in [3.63, 3.8) is 0 Å². The van der Waals surface area contributed by atoms with Gasteiger partial charge in [0.05, 0.1) is 4.90 Å². The second-order valence-electron chi connectivity index (χ2n) is 5.94. The Kier molecular flexibility index (Phi) is 4.63. The number of fused-ring (bicyclic) bond motifs is 1. The minimum Gasteiger partial charge on any atom is -0.277 e. The molecule has 0 aliphatic heterocycles. The van der Waals surface area contributed by atoms with Crippen LogP contribution in [0, 0.1) is 5.92 Å². The number of nitrogens with one attached hydrogen (secondary N) is 2. The maximum atomic E-state index is 12.3. The van der Waals surface area contributed by atoms with Crippen molar-refractivity contribution in [1.29, 1.82) is 0 Å². The maximum Gasteiger partial charge on any atom is 0.257 e. The molecule has 0 heterocycles. The van der Waals surface area contributed by atoms with E-state index < -0.39 is 10.0 Å². The van der Waals surface area contributed by atoms with Crippen LogP contribution in [0.5, 0.6) is 0 Å². The summed E-state index contributed by atoms with van der Waals surface area (Å²) in [4.78, 5) is 14.4. The first-order valence-corrected chi connectivity index (χ1v) is 9.35. The van der Waals surface area contributed by atoms with Crippen LogP contribution in [0.4, 0.5) is 0 Å². The third kappa shape index (κ3) is 3.71. The van der Waals surface area contributed by atoms with Crippen LogP contribution < -0.4 is 10.3 Å². The van der Waals surface area contributed by atoms with Gasteiger partial charge in [-0.15, -0.1) is 4.83 Å². The molecule has 1 fully saturated rings. The van der Waals surface area contributed by atoms with Crippen LogP contribution in [0.25, 0.3) is 10.8 Å². The number of hydrogen-bond acceptors (Lipinski definition) is 3. The number of sulfonamides is 1. The number of carbonyl (C=O) groups is 1. The number of hydrazine groups is 1. The molecule has 0 aromatic heterocycles. The molecule has 0 atom stereocenters. The lowest BCUT2D eigenvalue weighted by Gasteiger charge is -2.20. The molecule has 2 N–H and O–H groups in total. The van der Waals surface area contributed by atoms with E-state index in [2.05, 4.69) is 10.3 Å². The van der Waals surface area contributed by atoms with Gasteiger partial charge < -0.3 is 0 Å². The summed E-state index contributed by atoms with van der Waals surface area (Å²) in [6.07, 6.45) is 4.84. The fourth-order valence-corrected chi connectivity index (χ4v) is 3.86. The molecule has 2 aromatic rings. The van der Waals surface area contributed by atoms with Gasteiger partial charge >= 0.3 is 0 Å². The zero-order chi connectivity index (χ0) is 16.3. The molecule has 1 amide bonds. The van der Waals surface area contributed by atoms with Gasteiger partial charge in [0.2, 0.25) is 5.91 Å². The Morgan fingerprint density at radius 3 is 2.39 bits per heavy atom. The molecule has 3 rings (SSSR count). The highest BCUT2D eigenvalue weighted by atomic mass is 32.2. The highest BCUT2D eigenvalue weighted by Crippen LogP contribution is 2.23. The number of carbonyl (C=O) groups excluding carboxylic acids is 1. The maximum absolute atomic E-state index is 12.3. The average molecular weight is 332 g/mol. The topological polar surface area (TPSA) is 75.3 Å². The van der Waals surface area contributed by atoms with Crippen molar-refractivity contribution in [3.8, 4) is 0 Å². The lowest BCUT2D eigenvalue weighted by Crippen LogP contribution is -2.44. The highest BCUT2D eigenvalue weighted by molar-refractivity contribution is 7.89. The van der Waals surface area contributed by atoms with E-state index in [0.29, 0.717) is 0 Å². The summed E-state index contributed by atoms with van der Waals surface area (Å²) in [6, 6.07) is 12.4. The van der Waals surface area contributed by atoms with Gasteiger partial charge in [-0.05, 0) is 35.7 Å². The molecule has 0 bridgehead atoms. The fourth-order valence-electron chi connectivity index (χ4n) is 2.98. The molecule has 1 aliphatic carbocycles. The summed E-state index contributed by atoms with van der Waals surface area (Å²) < 4.78 is 24.7. The summed E-state index contributed by atoms with van der Waals surface area (Å²) >= 11 is 0. The fraction of sp³-hybridized carbons (Fsp3) is 0.353. The molecule has 0 unspecified atom stereocenters. The molecule has 23 heavy (non-hydrogen) atoms. The van der Waals surface area contributed by atoms with Gasteiger partial charge in [-0.3, -0.25) is 10.2 Å². The van der Waals surface area contributed by atoms with Gasteiger partial charge in [-0.2, -0.15) is 0 Å². The van der Waals surface area contributed by atoms with Crippen molar-refractivity contribution < 1.29 is 13.2 Å². The Balaban J connectivity index is 1.71. The zero-order valence-corrected chi connectivity index (χ0v) is 13.6. The van der Waals surface area contributed by atoms with Gasteiger partial charge in [0.25, 0.3) is 10.0 Å². The Bertz CT molecular complexity index is 811. The first-order valence-electron chi connectivity index (χ1n) is 7.87. The third-order valence-corrected chi connectivity index (χ3v) is 5.56. The SMILES string of the molecule is O=C(NNS(=O)(=O)c1ccc2ccccc2c1)C1CCCCC1. The standard InChI is InChI=1S/C17H20N2O3S/c20-17(14-7-2-1-3-8-14)18-19-23(21,22)16-11-10-13-6-4-5-9-15(13)12-16/h4-6,9-12,14,19H,1-3,7-8H2,(H,18,20). The molecule has 2 aromatic carbocycles. The van der Waals surface area contributed by atoms with Crippen molar-refractivity contribution in [2.75, 3.05) is 0 Å². The summed E-state index contributed by atoms with van der Waals surface area (Å²) in [7, 11) is -3.77. The zero-order valence-electron chi connectivity index (χ0n) is 12.8. The van der Waals surface area contributed by atoms with Crippen LogP contribution in [0.1, 0.15) is 32.1 Å². The average Bonchev–Trinajstić information content (AvgIpc) is 2.60. The van der Waals surface area contributed by atoms with Gasteiger partial charge in [0.15, 0.2) is 0 Å². The van der Waals surface area contributed by atoms with E-state index in [9.17, 15) is 13.2 Å². The molecule has 0 spiro atoms. The highest BCUT2D eigenvalue weighted by Gasteiger charge is 2.23. The minimum atomic E-state index is -3.77. The van der Waals surface area contributed by atoms with Gasteiger partial charge in [-0.1, -0.05) is 49.6 Å². The summed E-state index contributed by atoms with van der Waals surface area (Å²) in [5, 5.41) is 1.81. The van der Waals surface area contributed by atoms with Crippen molar-refractivity contribution in [2.45, 2.75) is 37.0 Å². The molecule has 122 valence electrons. The van der Waals surface area contributed by atoms with Crippen LogP contribution in [0.3, 0.4) is 0 Å². The van der Waals surface area contributed by atoms with E-state index in [4.69, 9.17) is 0 Å². The molecule has 1 saturated carbocycles. The van der Waals surface area contributed by atoms with E-state index in [1.54, 1.807) is 12.1 Å². The van der Waals surface area contributed by atoms with Crippen LogP contribution in [0.2, 0.25) is 0 Å². The molecule has 0 saturated heterocycles. The van der Waals surface area contributed by atoms with Crippen molar-refractivity contribution in [3.05, 3.63) is 42.5 Å². The second-order valence-corrected chi connectivity index (χ2v) is 7.62. The summed E-state index contributed by atoms with van der Waals surface area (Å²) in [5.74, 6) is -0.336. The van der Waals surface area contributed by atoms with E-state index >= 15 is 0 Å². The lowest BCUT2D eigenvalue weighted by molar-refractivity contribution is -0.126. The number of rotatable bonds is 4. The quantitative estimate of drug-likeness (QED) is 0.845. The van der Waals surface area contributed by atoms with Crippen LogP contribution in [0.15, 0.2) is 47.4 Å². The lowest BCUT2D eigenvalue weighted by atomic mass is 9.89. The Labute approximate surface area is 136 Å². The number of amides is 1. The van der Waals surface area contributed by atoms with E-state index in [0.717, 1.165) is 42.9 Å². The van der Waals surface area contributed by atoms with Crippen LogP contribution in [-0.2, 0) is 14.8 Å². The van der Waals surface area contributed by atoms with E-state index in [-0.39, 0.29) is 16.7 Å². The smallest absolute Gasteiger partial charge is 0.257 e. The van der Waals surface area contributed by atoms with Crippen molar-refractivity contribution in [1.82, 2.24) is 10.3 Å². The number of hydrogen-bond donors (Lipinski definition) is 2. The normalized spacial score (nSPS) is 16.3. The first kappa shape index (κ1) is 16.0. The van der Waals surface area contributed by atoms with E-state index in [1.165, 1.54) is 6.07 Å². The molecule has 1 aliphatic rings. The Morgan fingerprint density at radius 2 is 1.65 bits per heavy atom. The summed E-state index contributed by atoms with van der Waals surface area (Å²) in [5.41, 5.74) is 2.36. The van der Waals surface area contributed by atoms with Crippen LogP contribution >= 0.6 is 0 Å². The predicted molar refractivity (Wildman–Crippen MR) is 89.0 cm³/mol. The molecular formula is C17H20N2O3S. The molecule has 6 heteroatoms. The van der Waals surface area contributed by atoms with Gasteiger partial charge in [0.1, 0.15) is 0 Å². The Morgan fingerprint density at radius 1 is 0.957 bits per heavy atom. The predicted octanol–water partition coefficient (Wildman–Crippen LogP) is 2.73. The number of benzene rings is 2. The monoisotopic (exact) mass is 332 g/mol. The second kappa shape index (κ2) is 6.68. The molecule has 5 nitrogen and oxygen atoms in total. The van der Waals surface area contributed by atoms with Crippen molar-refractivity contribution in [2.24, 2.45) is 5.92 Å². The van der Waals surface area contributed by atoms with E-state index in [1.807, 2.05) is 24.3 Å². The molecular weight excluding hydrogens is 312 g/mol.